The molecule has 0 N–H and O–H groups in total. The van der Waals surface area contributed by atoms with Crippen molar-refractivity contribution in [2.75, 3.05) is 13.1 Å². The summed E-state index contributed by atoms with van der Waals surface area (Å²) in [5.41, 5.74) is 0. The molecule has 1 aromatic heterocycles. The third-order valence-corrected chi connectivity index (χ3v) is 3.73. The van der Waals surface area contributed by atoms with E-state index in [0.717, 1.165) is 4.90 Å². The van der Waals surface area contributed by atoms with E-state index >= 15 is 0 Å². The number of rotatable bonds is 4. The Labute approximate surface area is 121 Å². The van der Waals surface area contributed by atoms with Crippen LogP contribution in [0, 0.1) is 5.82 Å². The molecule has 0 radical (unpaired) electrons. The summed E-state index contributed by atoms with van der Waals surface area (Å²) >= 11 is 1.32. The van der Waals surface area contributed by atoms with E-state index in [-0.39, 0.29) is 11.8 Å². The summed E-state index contributed by atoms with van der Waals surface area (Å²) in [7, 11) is 0. The second-order valence-corrected chi connectivity index (χ2v) is 5.21. The first kappa shape index (κ1) is 14.6. The van der Waals surface area contributed by atoms with Crippen molar-refractivity contribution in [3.05, 3.63) is 42.3 Å². The Morgan fingerprint density at radius 3 is 2.75 bits per heavy atom. The fraction of sp³-hybridized carbons (Fsp3) is 0.286. The van der Waals surface area contributed by atoms with E-state index in [9.17, 15) is 9.18 Å². The van der Waals surface area contributed by atoms with Crippen molar-refractivity contribution in [1.29, 1.82) is 0 Å². The molecule has 0 saturated heterocycles. The molecular formula is C14H16FN3OS. The largest absolute Gasteiger partial charge is 0.344 e. The van der Waals surface area contributed by atoms with Crippen molar-refractivity contribution < 1.29 is 9.18 Å². The monoisotopic (exact) mass is 293 g/mol. The van der Waals surface area contributed by atoms with Crippen LogP contribution in [0.4, 0.5) is 9.18 Å². The molecular weight excluding hydrogens is 277 g/mol. The van der Waals surface area contributed by atoms with Crippen LogP contribution >= 0.6 is 11.8 Å². The maximum atomic E-state index is 13.1. The molecule has 0 spiro atoms. The summed E-state index contributed by atoms with van der Waals surface area (Å²) in [5.74, 6) is -0.284. The molecule has 4 nitrogen and oxygen atoms in total. The Balaban J connectivity index is 2.11. The minimum atomic E-state index is -0.284. The van der Waals surface area contributed by atoms with E-state index in [1.54, 1.807) is 29.3 Å². The molecule has 0 saturated carbocycles. The zero-order valence-corrected chi connectivity index (χ0v) is 12.2. The summed E-state index contributed by atoms with van der Waals surface area (Å²) in [4.78, 5) is 14.5. The molecule has 2 rings (SSSR count). The Morgan fingerprint density at radius 2 is 2.10 bits per heavy atom. The maximum absolute atomic E-state index is 13.1. The molecule has 0 aliphatic heterocycles. The van der Waals surface area contributed by atoms with Crippen LogP contribution < -0.4 is 0 Å². The lowest BCUT2D eigenvalue weighted by atomic mass is 10.4. The van der Waals surface area contributed by atoms with Gasteiger partial charge >= 0.3 is 6.03 Å². The normalized spacial score (nSPS) is 10.6. The average molecular weight is 293 g/mol. The highest BCUT2D eigenvalue weighted by molar-refractivity contribution is 7.99. The molecule has 0 fully saturated rings. The SMILES string of the molecule is CCN(CC)C(=O)n1ccc(Sc2cccc(F)c2)n1. The van der Waals surface area contributed by atoms with Crippen molar-refractivity contribution in [2.24, 2.45) is 0 Å². The van der Waals surface area contributed by atoms with E-state index in [1.807, 2.05) is 13.8 Å². The van der Waals surface area contributed by atoms with Gasteiger partial charge in [0.25, 0.3) is 0 Å². The van der Waals surface area contributed by atoms with Crippen LogP contribution in [0.25, 0.3) is 0 Å². The Bertz CT molecular complexity index is 596. The summed E-state index contributed by atoms with van der Waals surface area (Å²) in [6, 6.07) is 7.88. The number of carbonyl (C=O) groups excluding carboxylic acids is 1. The number of benzene rings is 1. The molecule has 0 aliphatic rings. The van der Waals surface area contributed by atoms with Crippen LogP contribution in [0.15, 0.2) is 46.5 Å². The van der Waals surface area contributed by atoms with Crippen LogP contribution in [-0.4, -0.2) is 33.8 Å². The van der Waals surface area contributed by atoms with Gasteiger partial charge in [0.1, 0.15) is 10.8 Å². The summed E-state index contributed by atoms with van der Waals surface area (Å²) in [5, 5.41) is 4.88. The van der Waals surface area contributed by atoms with Gasteiger partial charge in [-0.2, -0.15) is 9.78 Å². The summed E-state index contributed by atoms with van der Waals surface area (Å²) < 4.78 is 14.4. The fourth-order valence-electron chi connectivity index (χ4n) is 1.76. The van der Waals surface area contributed by atoms with Gasteiger partial charge in [0, 0.05) is 24.2 Å². The molecule has 20 heavy (non-hydrogen) atoms. The Hall–Kier alpha value is -1.82. The first-order valence-electron chi connectivity index (χ1n) is 6.42. The highest BCUT2D eigenvalue weighted by atomic mass is 32.2. The van der Waals surface area contributed by atoms with Crippen LogP contribution in [0.2, 0.25) is 0 Å². The van der Waals surface area contributed by atoms with Crippen molar-refractivity contribution >= 4 is 17.8 Å². The molecule has 0 bridgehead atoms. The third-order valence-electron chi connectivity index (χ3n) is 2.81. The first-order chi connectivity index (χ1) is 9.63. The molecule has 0 aliphatic carbocycles. The molecule has 6 heteroatoms. The lowest BCUT2D eigenvalue weighted by Gasteiger charge is -2.17. The predicted octanol–water partition coefficient (Wildman–Crippen LogP) is 3.48. The molecule has 0 atom stereocenters. The van der Waals surface area contributed by atoms with Gasteiger partial charge in [0.15, 0.2) is 0 Å². The molecule has 2 aromatic rings. The van der Waals surface area contributed by atoms with E-state index in [0.29, 0.717) is 18.1 Å². The van der Waals surface area contributed by atoms with Crippen molar-refractivity contribution in [3.63, 3.8) is 0 Å². The maximum Gasteiger partial charge on any atom is 0.344 e. The predicted molar refractivity (Wildman–Crippen MR) is 76.5 cm³/mol. The zero-order valence-electron chi connectivity index (χ0n) is 11.4. The van der Waals surface area contributed by atoms with E-state index < -0.39 is 0 Å². The lowest BCUT2D eigenvalue weighted by Crippen LogP contribution is -2.34. The van der Waals surface area contributed by atoms with Gasteiger partial charge in [-0.15, -0.1) is 0 Å². The second kappa shape index (κ2) is 6.56. The van der Waals surface area contributed by atoms with Gasteiger partial charge in [0.05, 0.1) is 0 Å². The van der Waals surface area contributed by atoms with Gasteiger partial charge in [-0.3, -0.25) is 0 Å². The highest BCUT2D eigenvalue weighted by Crippen LogP contribution is 2.26. The van der Waals surface area contributed by atoms with Crippen LogP contribution in [0.3, 0.4) is 0 Å². The molecule has 106 valence electrons. The van der Waals surface area contributed by atoms with Crippen LogP contribution in [0.1, 0.15) is 13.8 Å². The third kappa shape index (κ3) is 3.39. The van der Waals surface area contributed by atoms with Crippen molar-refractivity contribution in [2.45, 2.75) is 23.8 Å². The number of hydrogen-bond donors (Lipinski definition) is 0. The average Bonchev–Trinajstić information content (AvgIpc) is 2.88. The quantitative estimate of drug-likeness (QED) is 0.866. The van der Waals surface area contributed by atoms with Crippen LogP contribution in [0.5, 0.6) is 0 Å². The number of nitrogens with zero attached hydrogens (tertiary/aromatic N) is 3. The van der Waals surface area contributed by atoms with E-state index in [1.165, 1.54) is 28.6 Å². The minimum absolute atomic E-state index is 0.152. The number of carbonyl (C=O) groups is 1. The highest BCUT2D eigenvalue weighted by Gasteiger charge is 2.13. The van der Waals surface area contributed by atoms with Gasteiger partial charge in [-0.1, -0.05) is 17.8 Å². The summed E-state index contributed by atoms with van der Waals surface area (Å²) in [6.45, 7) is 5.13. The molecule has 1 amide bonds. The number of halogens is 1. The minimum Gasteiger partial charge on any atom is -0.323 e. The van der Waals surface area contributed by atoms with Crippen molar-refractivity contribution in [1.82, 2.24) is 14.7 Å². The van der Waals surface area contributed by atoms with Gasteiger partial charge in [0.2, 0.25) is 0 Å². The molecule has 1 heterocycles. The smallest absolute Gasteiger partial charge is 0.323 e. The fourth-order valence-corrected chi connectivity index (χ4v) is 2.58. The summed E-state index contributed by atoms with van der Waals surface area (Å²) in [6.07, 6.45) is 1.63. The van der Waals surface area contributed by atoms with Crippen molar-refractivity contribution in [3.8, 4) is 0 Å². The number of amides is 1. The van der Waals surface area contributed by atoms with Crippen LogP contribution in [-0.2, 0) is 0 Å². The van der Waals surface area contributed by atoms with Gasteiger partial charge in [-0.05, 0) is 38.1 Å². The lowest BCUT2D eigenvalue weighted by molar-refractivity contribution is 0.201. The Kier molecular flexibility index (Phi) is 4.79. The van der Waals surface area contributed by atoms with E-state index in [2.05, 4.69) is 5.10 Å². The molecule has 0 unspecified atom stereocenters. The first-order valence-corrected chi connectivity index (χ1v) is 7.24. The standard InChI is InChI=1S/C14H16FN3OS/c1-3-17(4-2)14(19)18-9-8-13(16-18)20-12-7-5-6-11(15)10-12/h5-10H,3-4H2,1-2H3. The van der Waals surface area contributed by atoms with Gasteiger partial charge in [-0.25, -0.2) is 9.18 Å². The van der Waals surface area contributed by atoms with Gasteiger partial charge < -0.3 is 4.90 Å². The second-order valence-electron chi connectivity index (χ2n) is 4.11. The topological polar surface area (TPSA) is 38.1 Å². The van der Waals surface area contributed by atoms with E-state index in [4.69, 9.17) is 0 Å². The Morgan fingerprint density at radius 1 is 1.35 bits per heavy atom. The number of hydrogen-bond acceptors (Lipinski definition) is 3. The number of aromatic nitrogens is 2. The zero-order chi connectivity index (χ0) is 14.5. The molecule has 1 aromatic carbocycles.